The average molecular weight is 495 g/mol. The van der Waals surface area contributed by atoms with Crippen molar-refractivity contribution in [3.8, 4) is 0 Å². The fourth-order valence-corrected chi connectivity index (χ4v) is 4.88. The van der Waals surface area contributed by atoms with Crippen LogP contribution in [0.15, 0.2) is 140 Å². The zero-order chi connectivity index (χ0) is 26.2. The highest BCUT2D eigenvalue weighted by Crippen LogP contribution is 2.36. The molecular weight excluding hydrogens is 460 g/mol. The van der Waals surface area contributed by atoms with Crippen molar-refractivity contribution in [2.75, 3.05) is 22.9 Å². The van der Waals surface area contributed by atoms with E-state index < -0.39 is 0 Å². The molecule has 188 valence electrons. The lowest BCUT2D eigenvalue weighted by atomic mass is 9.95. The summed E-state index contributed by atoms with van der Waals surface area (Å²) < 4.78 is 0. The van der Waals surface area contributed by atoms with E-state index in [-0.39, 0.29) is 0 Å². The standard InChI is InChI=1S/C36H34N2/c1-3-37(4-2)32-24-26-35(27-25-32)38(33-18-12-7-13-19-33)34-22-20-29(21-23-34)28-36(30-14-8-5-9-15-30)31-16-10-6-11-17-31/h5-28H,3-4H2,1-2H3. The molecule has 0 bridgehead atoms. The summed E-state index contributed by atoms with van der Waals surface area (Å²) in [4.78, 5) is 4.68. The summed E-state index contributed by atoms with van der Waals surface area (Å²) in [6, 6.07) is 49.5. The van der Waals surface area contributed by atoms with Gasteiger partial charge in [0.2, 0.25) is 0 Å². The van der Waals surface area contributed by atoms with Crippen LogP contribution in [0.4, 0.5) is 22.7 Å². The third-order valence-electron chi connectivity index (χ3n) is 6.88. The van der Waals surface area contributed by atoms with Gasteiger partial charge in [0.15, 0.2) is 0 Å². The maximum Gasteiger partial charge on any atom is 0.0463 e. The molecule has 2 nitrogen and oxygen atoms in total. The van der Waals surface area contributed by atoms with Crippen molar-refractivity contribution in [1.82, 2.24) is 0 Å². The van der Waals surface area contributed by atoms with Gasteiger partial charge in [-0.3, -0.25) is 0 Å². The van der Waals surface area contributed by atoms with Crippen LogP contribution in [0.5, 0.6) is 0 Å². The van der Waals surface area contributed by atoms with Crippen LogP contribution in [0.2, 0.25) is 0 Å². The Labute approximate surface area is 227 Å². The van der Waals surface area contributed by atoms with Crippen LogP contribution in [-0.2, 0) is 0 Å². The van der Waals surface area contributed by atoms with Crippen LogP contribution >= 0.6 is 0 Å². The van der Waals surface area contributed by atoms with Gasteiger partial charge in [-0.05, 0) is 90.7 Å². The summed E-state index contributed by atoms with van der Waals surface area (Å²) in [5.41, 5.74) is 9.47. The van der Waals surface area contributed by atoms with Gasteiger partial charge in [-0.1, -0.05) is 91.0 Å². The molecule has 5 aromatic rings. The fourth-order valence-electron chi connectivity index (χ4n) is 4.88. The Morgan fingerprint density at radius 3 is 1.34 bits per heavy atom. The fraction of sp³-hybridized carbons (Fsp3) is 0.111. The van der Waals surface area contributed by atoms with E-state index >= 15 is 0 Å². The predicted octanol–water partition coefficient (Wildman–Crippen LogP) is 9.59. The molecule has 0 heterocycles. The van der Waals surface area contributed by atoms with E-state index in [1.165, 1.54) is 28.0 Å². The van der Waals surface area contributed by atoms with Crippen molar-refractivity contribution >= 4 is 34.4 Å². The lowest BCUT2D eigenvalue weighted by Crippen LogP contribution is -2.21. The van der Waals surface area contributed by atoms with Gasteiger partial charge in [-0.2, -0.15) is 0 Å². The Hall–Kier alpha value is -4.56. The monoisotopic (exact) mass is 494 g/mol. The number of hydrogen-bond acceptors (Lipinski definition) is 2. The molecule has 0 aliphatic carbocycles. The first kappa shape index (κ1) is 25.1. The minimum absolute atomic E-state index is 1.00. The van der Waals surface area contributed by atoms with Gasteiger partial charge in [0.05, 0.1) is 0 Å². The Kier molecular flexibility index (Phi) is 8.01. The topological polar surface area (TPSA) is 6.48 Å². The highest BCUT2D eigenvalue weighted by Gasteiger charge is 2.13. The van der Waals surface area contributed by atoms with Crippen LogP contribution < -0.4 is 9.80 Å². The summed E-state index contributed by atoms with van der Waals surface area (Å²) in [5.74, 6) is 0. The molecular formula is C36H34N2. The van der Waals surface area contributed by atoms with Gasteiger partial charge in [0, 0.05) is 35.8 Å². The minimum atomic E-state index is 1.00. The van der Waals surface area contributed by atoms with E-state index in [4.69, 9.17) is 0 Å². The van der Waals surface area contributed by atoms with Crippen molar-refractivity contribution < 1.29 is 0 Å². The van der Waals surface area contributed by atoms with Crippen molar-refractivity contribution in [2.24, 2.45) is 0 Å². The van der Waals surface area contributed by atoms with Gasteiger partial charge in [-0.25, -0.2) is 0 Å². The number of anilines is 4. The Morgan fingerprint density at radius 1 is 0.474 bits per heavy atom. The normalized spacial score (nSPS) is 10.6. The molecule has 0 saturated carbocycles. The number of rotatable bonds is 9. The number of hydrogen-bond donors (Lipinski definition) is 0. The van der Waals surface area contributed by atoms with Crippen molar-refractivity contribution in [2.45, 2.75) is 13.8 Å². The number of para-hydroxylation sites is 1. The highest BCUT2D eigenvalue weighted by molar-refractivity contribution is 5.91. The molecule has 0 atom stereocenters. The summed E-state index contributed by atoms with van der Waals surface area (Å²) in [6.45, 7) is 6.40. The van der Waals surface area contributed by atoms with Crippen molar-refractivity contribution in [3.05, 3.63) is 156 Å². The molecule has 0 radical (unpaired) electrons. The summed E-state index contributed by atoms with van der Waals surface area (Å²) >= 11 is 0. The van der Waals surface area contributed by atoms with Crippen LogP contribution in [-0.4, -0.2) is 13.1 Å². The molecule has 0 fully saturated rings. The van der Waals surface area contributed by atoms with Crippen LogP contribution in [0, 0.1) is 0 Å². The number of benzene rings is 5. The zero-order valence-corrected chi connectivity index (χ0v) is 22.2. The minimum Gasteiger partial charge on any atom is -0.372 e. The third-order valence-corrected chi connectivity index (χ3v) is 6.88. The SMILES string of the molecule is CCN(CC)c1ccc(N(c2ccccc2)c2ccc(C=C(c3ccccc3)c3ccccc3)cc2)cc1. The smallest absolute Gasteiger partial charge is 0.0463 e. The first-order valence-electron chi connectivity index (χ1n) is 13.4. The highest BCUT2D eigenvalue weighted by atomic mass is 15.1. The average Bonchev–Trinajstić information content (AvgIpc) is 3.00. The van der Waals surface area contributed by atoms with Gasteiger partial charge < -0.3 is 9.80 Å². The molecule has 0 aromatic heterocycles. The molecule has 0 saturated heterocycles. The molecule has 2 heteroatoms. The zero-order valence-electron chi connectivity index (χ0n) is 22.2. The second kappa shape index (κ2) is 12.1. The summed E-state index contributed by atoms with van der Waals surface area (Å²) in [5, 5.41) is 0. The molecule has 0 spiro atoms. The molecule has 0 aliphatic heterocycles. The molecule has 0 unspecified atom stereocenters. The van der Waals surface area contributed by atoms with E-state index in [9.17, 15) is 0 Å². The maximum atomic E-state index is 2.37. The largest absolute Gasteiger partial charge is 0.372 e. The lowest BCUT2D eigenvalue weighted by molar-refractivity contribution is 0.866. The predicted molar refractivity (Wildman–Crippen MR) is 165 cm³/mol. The van der Waals surface area contributed by atoms with E-state index in [1.54, 1.807) is 0 Å². The second-order valence-corrected chi connectivity index (χ2v) is 9.24. The van der Waals surface area contributed by atoms with E-state index in [0.717, 1.165) is 30.2 Å². The molecule has 0 amide bonds. The Balaban J connectivity index is 1.51. The second-order valence-electron chi connectivity index (χ2n) is 9.24. The molecule has 0 aliphatic rings. The summed E-state index contributed by atoms with van der Waals surface area (Å²) in [6.07, 6.45) is 2.28. The lowest BCUT2D eigenvalue weighted by Gasteiger charge is -2.27. The molecule has 5 rings (SSSR count). The molecule has 5 aromatic carbocycles. The first-order valence-corrected chi connectivity index (χ1v) is 13.4. The Morgan fingerprint density at radius 2 is 0.868 bits per heavy atom. The van der Waals surface area contributed by atoms with Crippen LogP contribution in [0.25, 0.3) is 11.6 Å². The van der Waals surface area contributed by atoms with E-state index in [1.807, 2.05) is 0 Å². The summed E-state index contributed by atoms with van der Waals surface area (Å²) in [7, 11) is 0. The third kappa shape index (κ3) is 5.71. The van der Waals surface area contributed by atoms with Gasteiger partial charge in [0.1, 0.15) is 0 Å². The van der Waals surface area contributed by atoms with Gasteiger partial charge >= 0.3 is 0 Å². The van der Waals surface area contributed by atoms with Crippen molar-refractivity contribution in [3.63, 3.8) is 0 Å². The van der Waals surface area contributed by atoms with Gasteiger partial charge in [-0.15, -0.1) is 0 Å². The quantitative estimate of drug-likeness (QED) is 0.188. The van der Waals surface area contributed by atoms with E-state index in [2.05, 4.69) is 169 Å². The van der Waals surface area contributed by atoms with E-state index in [0.29, 0.717) is 0 Å². The molecule has 0 N–H and O–H groups in total. The van der Waals surface area contributed by atoms with Crippen molar-refractivity contribution in [1.29, 1.82) is 0 Å². The molecule has 38 heavy (non-hydrogen) atoms. The maximum absolute atomic E-state index is 2.37. The Bertz CT molecular complexity index is 1390. The van der Waals surface area contributed by atoms with Crippen LogP contribution in [0.3, 0.4) is 0 Å². The van der Waals surface area contributed by atoms with Crippen LogP contribution in [0.1, 0.15) is 30.5 Å². The number of nitrogens with zero attached hydrogens (tertiary/aromatic N) is 2. The van der Waals surface area contributed by atoms with Gasteiger partial charge in [0.25, 0.3) is 0 Å². The first-order chi connectivity index (χ1) is 18.8.